The molecule has 2 heterocycles. The monoisotopic (exact) mass is 506 g/mol. The van der Waals surface area contributed by atoms with Gasteiger partial charge in [-0.3, -0.25) is 0 Å². The Bertz CT molecular complexity index is 1800. The molecule has 3 nitrogen and oxygen atoms in total. The number of para-hydroxylation sites is 2. The first kappa shape index (κ1) is 21.8. The summed E-state index contributed by atoms with van der Waals surface area (Å²) >= 11 is 1.72. The predicted octanol–water partition coefficient (Wildman–Crippen LogP) is 9.19. The van der Waals surface area contributed by atoms with E-state index in [1.165, 1.54) is 26.5 Å². The van der Waals surface area contributed by atoms with Crippen LogP contribution in [-0.4, -0.2) is 9.67 Å². The minimum atomic E-state index is 0. The number of phenols is 1. The van der Waals surface area contributed by atoms with Crippen LogP contribution in [0.5, 0.6) is 5.75 Å². The van der Waals surface area contributed by atoms with Crippen LogP contribution in [0.2, 0.25) is 0 Å². The number of hydrogen-bond acceptors (Lipinski definition) is 2. The molecule has 7 aromatic rings. The summed E-state index contributed by atoms with van der Waals surface area (Å²) in [5, 5.41) is 20.2. The van der Waals surface area contributed by atoms with Crippen LogP contribution in [0.25, 0.3) is 53.0 Å². The normalized spacial score (nSPS) is 11.3. The minimum Gasteiger partial charge on any atom is -0.654 e. The van der Waals surface area contributed by atoms with E-state index >= 15 is 0 Å². The fourth-order valence-electron chi connectivity index (χ4n) is 4.91. The van der Waals surface area contributed by atoms with E-state index in [-0.39, 0.29) is 24.3 Å². The molecule has 0 amide bonds. The van der Waals surface area contributed by atoms with Crippen LogP contribution in [0.15, 0.2) is 109 Å². The largest absolute Gasteiger partial charge is 0.654 e. The molecule has 0 unspecified atom stereocenters. The number of rotatable bonds is 3. The molecule has 1 radical (unpaired) electrons. The second-order valence-corrected chi connectivity index (χ2v) is 9.49. The van der Waals surface area contributed by atoms with E-state index in [2.05, 4.69) is 77.4 Å². The van der Waals surface area contributed by atoms with Gasteiger partial charge in [-0.1, -0.05) is 72.4 Å². The van der Waals surface area contributed by atoms with Crippen LogP contribution < -0.4 is 0 Å². The Hall–Kier alpha value is -3.70. The van der Waals surface area contributed by atoms with Crippen molar-refractivity contribution in [3.05, 3.63) is 115 Å². The van der Waals surface area contributed by atoms with Crippen LogP contribution in [-0.2, 0) is 18.6 Å². The number of aromatic nitrogens is 1. The first-order valence-electron chi connectivity index (χ1n) is 11.2. The summed E-state index contributed by atoms with van der Waals surface area (Å²) in [4.78, 5) is 0. The number of benzene rings is 5. The first-order valence-corrected chi connectivity index (χ1v) is 12.0. The summed E-state index contributed by atoms with van der Waals surface area (Å²) in [6, 6.07) is 37.2. The molecule has 0 atom stereocenters. The molecule has 0 aliphatic rings. The van der Waals surface area contributed by atoms with E-state index in [1.807, 2.05) is 30.3 Å². The molecule has 167 valence electrons. The maximum absolute atomic E-state index is 10.7. The van der Waals surface area contributed by atoms with Gasteiger partial charge in [0.2, 0.25) is 0 Å². The fourth-order valence-corrected chi connectivity index (χ4v) is 6.02. The topological polar surface area (TPSA) is 39.3 Å². The van der Waals surface area contributed by atoms with Crippen molar-refractivity contribution in [2.75, 3.05) is 0 Å². The van der Waals surface area contributed by atoms with Gasteiger partial charge >= 0.3 is 0 Å². The third-order valence-corrected chi connectivity index (χ3v) is 7.56. The van der Waals surface area contributed by atoms with Crippen molar-refractivity contribution < 1.29 is 23.7 Å². The number of fused-ring (bicyclic) bond motifs is 6. The quantitative estimate of drug-likeness (QED) is 0.255. The molecule has 2 aromatic heterocycles. The summed E-state index contributed by atoms with van der Waals surface area (Å²) in [5.74, 6) is 0.197. The number of aromatic hydroxyl groups is 1. The molecule has 0 bridgehead atoms. The molecule has 7 rings (SSSR count). The van der Waals surface area contributed by atoms with Gasteiger partial charge in [0.25, 0.3) is 0 Å². The Kier molecular flexibility index (Phi) is 5.30. The third kappa shape index (κ3) is 3.42. The van der Waals surface area contributed by atoms with Crippen molar-refractivity contribution in [2.45, 2.75) is 0 Å². The van der Waals surface area contributed by atoms with E-state index in [1.54, 1.807) is 17.4 Å². The molecule has 0 spiro atoms. The van der Waals surface area contributed by atoms with Crippen molar-refractivity contribution in [2.24, 2.45) is 0 Å². The van der Waals surface area contributed by atoms with E-state index < -0.39 is 0 Å². The van der Waals surface area contributed by atoms with Crippen LogP contribution in [0.1, 0.15) is 0 Å². The second kappa shape index (κ2) is 8.51. The summed E-state index contributed by atoms with van der Waals surface area (Å²) in [6.07, 6.45) is 0. The zero-order chi connectivity index (χ0) is 22.6. The Morgan fingerprint density at radius 3 is 1.89 bits per heavy atom. The molecule has 35 heavy (non-hydrogen) atoms. The van der Waals surface area contributed by atoms with Crippen LogP contribution >= 0.6 is 11.3 Å². The molecule has 0 saturated carbocycles. The molecule has 5 aromatic carbocycles. The van der Waals surface area contributed by atoms with Gasteiger partial charge in [0.15, 0.2) is 0 Å². The molecule has 0 aliphatic heterocycles. The summed E-state index contributed by atoms with van der Waals surface area (Å²) < 4.78 is 4.61. The van der Waals surface area contributed by atoms with Gasteiger partial charge in [0.1, 0.15) is 5.75 Å². The Morgan fingerprint density at radius 1 is 0.600 bits per heavy atom. The molecular weight excluding hydrogens is 487 g/mol. The minimum absolute atomic E-state index is 0. The summed E-state index contributed by atoms with van der Waals surface area (Å²) in [7, 11) is 0. The van der Waals surface area contributed by atoms with Crippen LogP contribution in [0.3, 0.4) is 0 Å². The molecule has 0 saturated heterocycles. The van der Waals surface area contributed by atoms with Gasteiger partial charge < -0.3 is 15.0 Å². The molecule has 1 N–H and O–H groups in total. The predicted molar refractivity (Wildman–Crippen MR) is 144 cm³/mol. The number of hydrogen-bond donors (Lipinski definition) is 1. The van der Waals surface area contributed by atoms with E-state index in [4.69, 9.17) is 5.32 Å². The van der Waals surface area contributed by atoms with Crippen molar-refractivity contribution in [3.63, 3.8) is 0 Å². The van der Waals surface area contributed by atoms with E-state index in [9.17, 15) is 5.11 Å². The Morgan fingerprint density at radius 2 is 1.20 bits per heavy atom. The zero-order valence-corrected chi connectivity index (χ0v) is 20.8. The first-order chi connectivity index (χ1) is 16.8. The van der Waals surface area contributed by atoms with Crippen molar-refractivity contribution in [1.29, 1.82) is 0 Å². The van der Waals surface area contributed by atoms with Gasteiger partial charge in [0.05, 0.1) is 11.0 Å². The van der Waals surface area contributed by atoms with E-state index in [0.717, 1.165) is 26.8 Å². The smallest absolute Gasteiger partial charge is 0.101 e. The van der Waals surface area contributed by atoms with E-state index in [0.29, 0.717) is 5.69 Å². The van der Waals surface area contributed by atoms with Crippen molar-refractivity contribution in [3.8, 4) is 11.4 Å². The van der Waals surface area contributed by atoms with Gasteiger partial charge in [-0.25, -0.2) is 0 Å². The van der Waals surface area contributed by atoms with Gasteiger partial charge in [-0.2, -0.15) is 0 Å². The second-order valence-electron chi connectivity index (χ2n) is 8.40. The Labute approximate surface area is 218 Å². The summed E-state index contributed by atoms with van der Waals surface area (Å²) in [6.45, 7) is 0. The van der Waals surface area contributed by atoms with Gasteiger partial charge in [-0.15, -0.1) is 17.0 Å². The average Bonchev–Trinajstić information content (AvgIpc) is 3.42. The molecule has 0 aliphatic carbocycles. The van der Waals surface area contributed by atoms with Gasteiger partial charge in [-0.05, 0) is 53.2 Å². The molecule has 5 heteroatoms. The van der Waals surface area contributed by atoms with Crippen molar-refractivity contribution >= 4 is 64.7 Å². The maximum Gasteiger partial charge on any atom is 0.101 e. The van der Waals surface area contributed by atoms with Crippen LogP contribution in [0, 0.1) is 0 Å². The number of phenolic OH excluding ortho intramolecular Hbond substituents is 1. The third-order valence-electron chi connectivity index (χ3n) is 6.42. The van der Waals surface area contributed by atoms with Crippen LogP contribution in [0.4, 0.5) is 11.4 Å². The average molecular weight is 507 g/mol. The summed E-state index contributed by atoms with van der Waals surface area (Å²) in [5.41, 5.74) is 4.88. The van der Waals surface area contributed by atoms with Crippen molar-refractivity contribution in [1.82, 2.24) is 4.57 Å². The number of nitrogens with zero attached hydrogens (tertiary/aromatic N) is 2. The number of thiophene rings is 1. The molecular formula is C30H19N2OSV-. The SMILES string of the molecule is Oc1ccc2sc3ccccc3c2c1[N-]c1ccc(-n2c3ccccc3c3ccccc32)cc1.[V]. The Balaban J connectivity index is 0.00000229. The zero-order valence-electron chi connectivity index (χ0n) is 18.6. The fraction of sp³-hybridized carbons (Fsp3) is 0. The maximum atomic E-state index is 10.7. The standard InChI is InChI=1S/C30H19N2OS.V/c33-26-17-18-28-29(23-9-3-6-12-27(23)34-28)30(26)31-19-13-15-20(16-14-19)32-24-10-4-1-7-21(24)22-8-2-5-11-25(22)32;/h1-18,33H;/q-1;. The van der Waals surface area contributed by atoms with Gasteiger partial charge in [0, 0.05) is 44.4 Å². The molecule has 0 fully saturated rings.